The minimum absolute atomic E-state index is 0.0116. The first-order valence-corrected chi connectivity index (χ1v) is 32.1. The summed E-state index contributed by atoms with van der Waals surface area (Å²) in [7, 11) is -1.19. The second-order valence-corrected chi connectivity index (χ2v) is 27.8. The molecule has 0 spiro atoms. The van der Waals surface area contributed by atoms with E-state index in [1.807, 2.05) is 182 Å². The van der Waals surface area contributed by atoms with Gasteiger partial charge in [0.15, 0.2) is 20.9 Å². The first-order chi connectivity index (χ1) is 41.7. The average molecular weight is 1190 g/mol. The maximum Gasteiger partial charge on any atom is 0.338 e. The van der Waals surface area contributed by atoms with Crippen molar-refractivity contribution in [3.05, 3.63) is 255 Å². The first-order valence-electron chi connectivity index (χ1n) is 29.2. The second-order valence-electron chi connectivity index (χ2n) is 23.0. The maximum atomic E-state index is 12.7. The molecule has 16 nitrogen and oxygen atoms in total. The number of carbonyl (C=O) groups is 1. The quantitative estimate of drug-likeness (QED) is 0.0188. The van der Waals surface area contributed by atoms with Crippen LogP contribution in [-0.2, 0) is 103 Å². The smallest absolute Gasteiger partial charge is 0.338 e. The molecule has 0 aromatic heterocycles. The summed E-state index contributed by atoms with van der Waals surface area (Å²) in [5.41, 5.74) is 5.33. The molecule has 0 bridgehead atoms. The third-order valence-corrected chi connectivity index (χ3v) is 20.3. The van der Waals surface area contributed by atoms with Crippen molar-refractivity contribution in [2.45, 2.75) is 147 Å². The van der Waals surface area contributed by atoms with Gasteiger partial charge in [0.25, 0.3) is 5.69 Å². The predicted molar refractivity (Wildman–Crippen MR) is 326 cm³/mol. The van der Waals surface area contributed by atoms with Crippen LogP contribution in [0.1, 0.15) is 70.1 Å². The van der Waals surface area contributed by atoms with Gasteiger partial charge in [0.2, 0.25) is 0 Å². The maximum absolute atomic E-state index is 12.7. The van der Waals surface area contributed by atoms with Crippen LogP contribution in [-0.4, -0.2) is 101 Å². The number of benzene rings is 7. The zero-order valence-corrected chi connectivity index (χ0v) is 50.8. The predicted octanol–water partition coefficient (Wildman–Crippen LogP) is 12.9. The largest absolute Gasteiger partial charge is 0.465 e. The lowest BCUT2D eigenvalue weighted by atomic mass is 9.96. The molecule has 2 aliphatic rings. The summed E-state index contributed by atoms with van der Waals surface area (Å²) in [5.74, 6) is -0.721. The number of nitro groups is 1. The van der Waals surface area contributed by atoms with E-state index in [1.54, 1.807) is 0 Å². The Bertz CT molecular complexity index is 3140. The van der Waals surface area contributed by atoms with E-state index in [9.17, 15) is 14.9 Å². The third-order valence-electron chi connectivity index (χ3n) is 15.8. The summed E-state index contributed by atoms with van der Waals surface area (Å²) in [6, 6.07) is 63.1. The molecule has 0 N–H and O–H groups in total. The van der Waals surface area contributed by atoms with E-state index in [1.165, 1.54) is 25.3 Å². The second kappa shape index (κ2) is 31.2. The van der Waals surface area contributed by atoms with Crippen LogP contribution in [0, 0.1) is 10.1 Å². The molecule has 0 aliphatic carbocycles. The Balaban J connectivity index is 1.12. The number of rotatable bonds is 29. The Morgan fingerprint density at radius 2 is 0.791 bits per heavy atom. The van der Waals surface area contributed by atoms with Gasteiger partial charge in [0.05, 0.1) is 82.6 Å². The van der Waals surface area contributed by atoms with Gasteiger partial charge in [-0.25, -0.2) is 4.79 Å². The number of carbonyl (C=O) groups excluding carboxylic acids is 1. The standard InChI is InChI=1S/C69H79NO15Si/c1-69(2,3)86(5,6)83-48-59-61(76-41-50-27-15-8-16-28-50)63(78-43-52-31-19-10-20-32-52)65(80-45-54-35-23-12-24-36-54)68(85-59)82-47-58-60(75-40-49-25-13-7-14-26-49)62(77-42-51-29-17-9-18-30-51)64(79-44-53-33-21-11-22-34-53)67(84-58)81-46-56-38-37-55(66(71)74-4)39-57(56)70(72)73/h7-39,58-65,67-68H,40-48H2,1-6H3/t58-,59-,60-,61-,62+,63+,64+,65+,67+,68+/m1/s1. The molecule has 0 unspecified atom stereocenters. The third kappa shape index (κ3) is 17.7. The molecule has 17 heteroatoms. The van der Waals surface area contributed by atoms with E-state index in [4.69, 9.17) is 56.5 Å². The molecule has 7 aromatic carbocycles. The molecule has 0 amide bonds. The van der Waals surface area contributed by atoms with Gasteiger partial charge in [0, 0.05) is 6.07 Å². The molecular weight excluding hydrogens is 1110 g/mol. The molecule has 2 aliphatic heterocycles. The number of nitro benzene ring substituents is 1. The van der Waals surface area contributed by atoms with E-state index < -0.39 is 80.6 Å². The van der Waals surface area contributed by atoms with Crippen molar-refractivity contribution in [3.8, 4) is 0 Å². The molecule has 454 valence electrons. The highest BCUT2D eigenvalue weighted by molar-refractivity contribution is 6.74. The zero-order valence-electron chi connectivity index (χ0n) is 49.8. The number of esters is 1. The summed E-state index contributed by atoms with van der Waals surface area (Å²) in [5, 5.41) is 12.5. The summed E-state index contributed by atoms with van der Waals surface area (Å²) in [6.07, 6.45) is -9.38. The molecule has 7 aromatic rings. The highest BCUT2D eigenvalue weighted by Crippen LogP contribution is 2.39. The van der Waals surface area contributed by atoms with Gasteiger partial charge in [-0.3, -0.25) is 10.1 Å². The Hall–Kier alpha value is -6.81. The molecule has 2 fully saturated rings. The summed E-state index contributed by atoms with van der Waals surface area (Å²) < 4.78 is 82.3. The summed E-state index contributed by atoms with van der Waals surface area (Å²) in [6.45, 7) is 11.7. The van der Waals surface area contributed by atoms with Crippen LogP contribution in [0.3, 0.4) is 0 Å². The number of hydrogen-bond acceptors (Lipinski definition) is 15. The SMILES string of the molecule is COC(=O)c1ccc(CO[C@H]2O[C@H](CO[C@H]3O[C@H](CO[Si](C)(C)C(C)(C)C)[C@@H](OCc4ccccc4)[C@H](OCc4ccccc4)[C@@H]3OCc3ccccc3)[C@@H](OCc3ccccc3)[C@H](OCc3ccccc3)[C@@H]2OCc2ccccc2)c([N+](=O)[O-])c1. The van der Waals surface area contributed by atoms with Crippen LogP contribution in [0.2, 0.25) is 18.1 Å². The van der Waals surface area contributed by atoms with Crippen molar-refractivity contribution in [2.24, 2.45) is 0 Å². The number of ether oxygens (including phenoxy) is 11. The topological polar surface area (TPSA) is 171 Å². The highest BCUT2D eigenvalue weighted by Gasteiger charge is 2.53. The lowest BCUT2D eigenvalue weighted by Crippen LogP contribution is -2.64. The summed E-state index contributed by atoms with van der Waals surface area (Å²) >= 11 is 0. The monoisotopic (exact) mass is 1190 g/mol. The van der Waals surface area contributed by atoms with Gasteiger partial charge < -0.3 is 56.5 Å². The van der Waals surface area contributed by atoms with Crippen molar-refractivity contribution < 1.29 is 66.2 Å². The molecule has 86 heavy (non-hydrogen) atoms. The zero-order chi connectivity index (χ0) is 60.3. The molecule has 2 heterocycles. The van der Waals surface area contributed by atoms with E-state index in [-0.39, 0.29) is 81.3 Å². The van der Waals surface area contributed by atoms with Crippen molar-refractivity contribution >= 4 is 20.0 Å². The van der Waals surface area contributed by atoms with Gasteiger partial charge in [0.1, 0.15) is 48.8 Å². The molecule has 2 saturated heterocycles. The molecular formula is C69H79NO15Si. The van der Waals surface area contributed by atoms with Gasteiger partial charge in [-0.05, 0) is 63.6 Å². The van der Waals surface area contributed by atoms with Crippen LogP contribution < -0.4 is 0 Å². The van der Waals surface area contributed by atoms with Gasteiger partial charge in [-0.1, -0.05) is 203 Å². The lowest BCUT2D eigenvalue weighted by Gasteiger charge is -2.48. The normalized spacial score (nSPS) is 22.5. The minimum Gasteiger partial charge on any atom is -0.465 e. The molecule has 9 rings (SSSR count). The highest BCUT2D eigenvalue weighted by atomic mass is 28.4. The van der Waals surface area contributed by atoms with Crippen molar-refractivity contribution in [2.75, 3.05) is 20.3 Å². The number of methoxy groups -OCH3 is 1. The van der Waals surface area contributed by atoms with Crippen LogP contribution >= 0.6 is 0 Å². The Morgan fingerprint density at radius 1 is 0.453 bits per heavy atom. The van der Waals surface area contributed by atoms with E-state index in [0.29, 0.717) is 0 Å². The van der Waals surface area contributed by atoms with Crippen LogP contribution in [0.5, 0.6) is 0 Å². The molecule has 10 atom stereocenters. The fourth-order valence-electron chi connectivity index (χ4n) is 10.00. The van der Waals surface area contributed by atoms with Gasteiger partial charge in [-0.15, -0.1) is 0 Å². The van der Waals surface area contributed by atoms with E-state index in [2.05, 4.69) is 33.9 Å². The number of nitrogens with zero attached hydrogens (tertiary/aromatic N) is 1. The average Bonchev–Trinajstić information content (AvgIpc) is 2.11. The van der Waals surface area contributed by atoms with E-state index >= 15 is 0 Å². The Kier molecular flexibility index (Phi) is 23.1. The molecule has 0 radical (unpaired) electrons. The van der Waals surface area contributed by atoms with Crippen molar-refractivity contribution in [1.82, 2.24) is 0 Å². The van der Waals surface area contributed by atoms with Gasteiger partial charge in [-0.2, -0.15) is 0 Å². The minimum atomic E-state index is -2.41. The fraction of sp³-hybridized carbons (Fsp3) is 0.377. The summed E-state index contributed by atoms with van der Waals surface area (Å²) in [4.78, 5) is 24.7. The lowest BCUT2D eigenvalue weighted by molar-refractivity contribution is -0.386. The van der Waals surface area contributed by atoms with Crippen LogP contribution in [0.4, 0.5) is 5.69 Å². The first kappa shape index (κ1) is 63.7. The number of hydrogen-bond donors (Lipinski definition) is 0. The fourth-order valence-corrected chi connectivity index (χ4v) is 11.0. The molecule has 0 saturated carbocycles. The Morgan fingerprint density at radius 3 is 1.14 bits per heavy atom. The van der Waals surface area contributed by atoms with Crippen molar-refractivity contribution in [1.29, 1.82) is 0 Å². The van der Waals surface area contributed by atoms with Crippen LogP contribution in [0.15, 0.2) is 200 Å². The Labute approximate surface area is 505 Å². The van der Waals surface area contributed by atoms with E-state index in [0.717, 1.165) is 33.4 Å². The van der Waals surface area contributed by atoms with Crippen LogP contribution in [0.25, 0.3) is 0 Å². The van der Waals surface area contributed by atoms with Crippen molar-refractivity contribution in [3.63, 3.8) is 0 Å². The van der Waals surface area contributed by atoms with Gasteiger partial charge >= 0.3 is 5.97 Å².